The Bertz CT molecular complexity index is 775. The van der Waals surface area contributed by atoms with E-state index in [-0.39, 0.29) is 0 Å². The van der Waals surface area contributed by atoms with Crippen LogP contribution >= 0.6 is 0 Å². The topological polar surface area (TPSA) is 53.5 Å². The summed E-state index contributed by atoms with van der Waals surface area (Å²) < 4.78 is 17.1. The lowest BCUT2D eigenvalue weighted by Gasteiger charge is -2.08. The van der Waals surface area contributed by atoms with Crippen LogP contribution in [-0.2, 0) is 4.74 Å². The van der Waals surface area contributed by atoms with Crippen molar-refractivity contribution >= 4 is 0 Å². The van der Waals surface area contributed by atoms with Gasteiger partial charge in [0, 0.05) is 18.8 Å². The molecule has 0 unspecified atom stereocenters. The van der Waals surface area contributed by atoms with E-state index in [1.165, 1.54) is 51.4 Å². The molecule has 0 atom stereocenters. The second-order valence-corrected chi connectivity index (χ2v) is 8.98. The summed E-state index contributed by atoms with van der Waals surface area (Å²) in [4.78, 5) is 8.90. The van der Waals surface area contributed by atoms with E-state index < -0.39 is 0 Å². The number of hydrogen-bond donors (Lipinski definition) is 0. The maximum absolute atomic E-state index is 5.83. The highest BCUT2D eigenvalue weighted by Crippen LogP contribution is 2.20. The molecule has 0 aliphatic heterocycles. The lowest BCUT2D eigenvalue weighted by molar-refractivity contribution is 0.123. The largest absolute Gasteiger partial charge is 0.494 e. The Morgan fingerprint density at radius 2 is 1.29 bits per heavy atom. The zero-order valence-electron chi connectivity index (χ0n) is 22.1. The third-order valence-corrected chi connectivity index (χ3v) is 5.82. The highest BCUT2D eigenvalue weighted by Gasteiger charge is 2.03. The molecule has 0 aliphatic carbocycles. The molecule has 0 amide bonds. The summed E-state index contributed by atoms with van der Waals surface area (Å²) >= 11 is 0. The van der Waals surface area contributed by atoms with Crippen LogP contribution in [0.3, 0.4) is 0 Å². The van der Waals surface area contributed by atoms with Gasteiger partial charge in [-0.1, -0.05) is 70.9 Å². The summed E-state index contributed by atoms with van der Waals surface area (Å²) in [6.07, 6.45) is 22.6. The van der Waals surface area contributed by atoms with Crippen molar-refractivity contribution in [3.05, 3.63) is 48.8 Å². The fourth-order valence-corrected chi connectivity index (χ4v) is 3.63. The van der Waals surface area contributed by atoms with E-state index in [0.29, 0.717) is 24.8 Å². The summed E-state index contributed by atoms with van der Waals surface area (Å²) in [5.74, 6) is 2.24. The van der Waals surface area contributed by atoms with Crippen LogP contribution in [0.15, 0.2) is 48.8 Å². The first-order chi connectivity index (χ1) is 17.3. The first kappa shape index (κ1) is 28.8. The molecule has 0 saturated heterocycles. The molecule has 2 aromatic rings. The molecule has 1 heterocycles. The van der Waals surface area contributed by atoms with Gasteiger partial charge in [0.1, 0.15) is 12.4 Å². The van der Waals surface area contributed by atoms with E-state index in [9.17, 15) is 0 Å². The van der Waals surface area contributed by atoms with Crippen LogP contribution < -0.4 is 9.47 Å². The van der Waals surface area contributed by atoms with Crippen molar-refractivity contribution in [1.82, 2.24) is 9.97 Å². The molecule has 0 saturated carbocycles. The van der Waals surface area contributed by atoms with Gasteiger partial charge in [0.05, 0.1) is 19.0 Å². The Labute approximate surface area is 213 Å². The third-order valence-electron chi connectivity index (χ3n) is 5.82. The van der Waals surface area contributed by atoms with Gasteiger partial charge in [0.15, 0.2) is 11.6 Å². The standard InChI is InChI=1S/C30H46N2O3/c1-3-5-7-8-9-10-11-12-13-14-23-35-29-25-31-30(32-26-29)27-17-19-28(20-18-27)34-24-16-15-22-33-21-6-4-2/h13-14,17-20,25-26H,3-12,15-16,21-24H2,1-2H3. The Balaban J connectivity index is 1.58. The minimum Gasteiger partial charge on any atom is -0.494 e. The number of nitrogens with zero attached hydrogens (tertiary/aromatic N) is 2. The van der Waals surface area contributed by atoms with Crippen LogP contribution in [0.25, 0.3) is 11.4 Å². The van der Waals surface area contributed by atoms with Crippen LogP contribution in [0, 0.1) is 0 Å². The molecule has 1 aromatic heterocycles. The van der Waals surface area contributed by atoms with Gasteiger partial charge >= 0.3 is 0 Å². The first-order valence-corrected chi connectivity index (χ1v) is 13.7. The molecule has 5 nitrogen and oxygen atoms in total. The van der Waals surface area contributed by atoms with E-state index in [2.05, 4.69) is 36.0 Å². The second kappa shape index (κ2) is 19.9. The summed E-state index contributed by atoms with van der Waals surface area (Å²) in [6, 6.07) is 7.92. The number of allylic oxidation sites excluding steroid dienone is 1. The van der Waals surface area contributed by atoms with Gasteiger partial charge in [-0.15, -0.1) is 0 Å². The number of rotatable bonds is 21. The average Bonchev–Trinajstić information content (AvgIpc) is 2.89. The Morgan fingerprint density at radius 1 is 0.629 bits per heavy atom. The molecule has 0 bridgehead atoms. The summed E-state index contributed by atoms with van der Waals surface area (Å²) in [5.41, 5.74) is 0.961. The smallest absolute Gasteiger partial charge is 0.159 e. The van der Waals surface area contributed by atoms with Crippen molar-refractivity contribution in [2.45, 2.75) is 90.9 Å². The Kier molecular flexibility index (Phi) is 16.4. The zero-order valence-corrected chi connectivity index (χ0v) is 22.1. The van der Waals surface area contributed by atoms with Gasteiger partial charge < -0.3 is 14.2 Å². The first-order valence-electron chi connectivity index (χ1n) is 13.7. The van der Waals surface area contributed by atoms with E-state index in [1.807, 2.05) is 24.3 Å². The van der Waals surface area contributed by atoms with Gasteiger partial charge in [-0.2, -0.15) is 0 Å². The van der Waals surface area contributed by atoms with Gasteiger partial charge in [0.25, 0.3) is 0 Å². The molecule has 5 heteroatoms. The number of hydrogen-bond acceptors (Lipinski definition) is 5. The highest BCUT2D eigenvalue weighted by atomic mass is 16.5. The van der Waals surface area contributed by atoms with Crippen molar-refractivity contribution in [1.29, 1.82) is 0 Å². The lowest BCUT2D eigenvalue weighted by Crippen LogP contribution is -2.01. The van der Waals surface area contributed by atoms with E-state index in [1.54, 1.807) is 12.4 Å². The average molecular weight is 483 g/mol. The van der Waals surface area contributed by atoms with Crippen molar-refractivity contribution < 1.29 is 14.2 Å². The molecule has 0 spiro atoms. The van der Waals surface area contributed by atoms with Crippen LogP contribution in [0.5, 0.6) is 11.5 Å². The molecule has 194 valence electrons. The summed E-state index contributed by atoms with van der Waals surface area (Å²) in [6.45, 7) is 7.37. The monoisotopic (exact) mass is 482 g/mol. The molecule has 0 radical (unpaired) electrons. The molecule has 2 rings (SSSR count). The predicted octanol–water partition coefficient (Wildman–Crippen LogP) is 8.20. The third kappa shape index (κ3) is 13.9. The predicted molar refractivity (Wildman–Crippen MR) is 145 cm³/mol. The van der Waals surface area contributed by atoms with Gasteiger partial charge in [-0.3, -0.25) is 0 Å². The SMILES string of the molecule is CCCCCCCCCC=CCOc1cnc(-c2ccc(OCCCCOCCCC)cc2)nc1. The van der Waals surface area contributed by atoms with Crippen molar-refractivity contribution in [2.24, 2.45) is 0 Å². The minimum absolute atomic E-state index is 0.552. The normalized spacial score (nSPS) is 11.3. The van der Waals surface area contributed by atoms with Crippen molar-refractivity contribution in [2.75, 3.05) is 26.4 Å². The quantitative estimate of drug-likeness (QED) is 0.133. The number of benzene rings is 1. The number of aromatic nitrogens is 2. The zero-order chi connectivity index (χ0) is 24.8. The molecule has 0 fully saturated rings. The second-order valence-electron chi connectivity index (χ2n) is 8.98. The Morgan fingerprint density at radius 3 is 2.03 bits per heavy atom. The van der Waals surface area contributed by atoms with Crippen molar-refractivity contribution in [3.63, 3.8) is 0 Å². The molecule has 35 heavy (non-hydrogen) atoms. The van der Waals surface area contributed by atoms with Crippen LogP contribution in [0.4, 0.5) is 0 Å². The molecule has 0 N–H and O–H groups in total. The maximum atomic E-state index is 5.83. The van der Waals surface area contributed by atoms with Gasteiger partial charge in [-0.05, 0) is 56.4 Å². The molecule has 1 aromatic carbocycles. The van der Waals surface area contributed by atoms with Crippen LogP contribution in [0.1, 0.15) is 90.9 Å². The minimum atomic E-state index is 0.552. The van der Waals surface area contributed by atoms with E-state index >= 15 is 0 Å². The van der Waals surface area contributed by atoms with E-state index in [0.717, 1.165) is 50.2 Å². The molecular weight excluding hydrogens is 436 g/mol. The van der Waals surface area contributed by atoms with E-state index in [4.69, 9.17) is 14.2 Å². The summed E-state index contributed by atoms with van der Waals surface area (Å²) in [7, 11) is 0. The maximum Gasteiger partial charge on any atom is 0.159 e. The molecule has 0 aliphatic rings. The fourth-order valence-electron chi connectivity index (χ4n) is 3.63. The fraction of sp³-hybridized carbons (Fsp3) is 0.600. The summed E-state index contributed by atoms with van der Waals surface area (Å²) in [5, 5.41) is 0. The van der Waals surface area contributed by atoms with Gasteiger partial charge in [-0.25, -0.2) is 9.97 Å². The molecular formula is C30H46N2O3. The Hall–Kier alpha value is -2.40. The van der Waals surface area contributed by atoms with Gasteiger partial charge in [0.2, 0.25) is 0 Å². The number of unbranched alkanes of at least 4 members (excludes halogenated alkanes) is 9. The number of ether oxygens (including phenoxy) is 3. The van der Waals surface area contributed by atoms with Crippen LogP contribution in [0.2, 0.25) is 0 Å². The lowest BCUT2D eigenvalue weighted by atomic mass is 10.1. The van der Waals surface area contributed by atoms with Crippen LogP contribution in [-0.4, -0.2) is 36.4 Å². The van der Waals surface area contributed by atoms with Crippen molar-refractivity contribution in [3.8, 4) is 22.9 Å². The highest BCUT2D eigenvalue weighted by molar-refractivity contribution is 5.56.